The van der Waals surface area contributed by atoms with Crippen LogP contribution in [0.15, 0.2) is 22.7 Å². The van der Waals surface area contributed by atoms with Crippen LogP contribution in [0.5, 0.6) is 0 Å². The van der Waals surface area contributed by atoms with Gasteiger partial charge in [-0.3, -0.25) is 4.70 Å². The second-order valence-electron chi connectivity index (χ2n) is 2.78. The van der Waals surface area contributed by atoms with E-state index < -0.39 is 42.7 Å². The molecule has 0 saturated carbocycles. The van der Waals surface area contributed by atoms with Crippen LogP contribution in [0.4, 0.5) is 48.6 Å². The first-order valence-corrected chi connectivity index (χ1v) is 5.97. The van der Waals surface area contributed by atoms with Crippen LogP contribution in [0.3, 0.4) is 0 Å². The minimum absolute atomic E-state index is 0. The fourth-order valence-corrected chi connectivity index (χ4v) is 0.461. The first kappa shape index (κ1) is 30.5. The average Bonchev–Trinajstić information content (AvgIpc) is 2.46. The molecule has 0 rings (SSSR count). The second-order valence-corrected chi connectivity index (χ2v) is 3.49. The molecule has 14 heteroatoms. The van der Waals surface area contributed by atoms with E-state index in [1.165, 1.54) is 0 Å². The van der Waals surface area contributed by atoms with Crippen LogP contribution in [0, 0.1) is 0 Å². The van der Waals surface area contributed by atoms with Crippen molar-refractivity contribution in [3.8, 4) is 0 Å². The number of hydrogen-bond donors (Lipinski definition) is 0. The molecule has 0 bridgehead atoms. The van der Waals surface area contributed by atoms with Crippen LogP contribution < -0.4 is 0 Å². The number of rotatable bonds is 4. The number of alkyl halides is 9. The Bertz CT molecular complexity index is 309. The van der Waals surface area contributed by atoms with Gasteiger partial charge in [0.25, 0.3) is 12.9 Å². The van der Waals surface area contributed by atoms with E-state index in [-0.39, 0.29) is 15.8 Å². The molecule has 0 aromatic carbocycles. The van der Waals surface area contributed by atoms with E-state index in [1.807, 2.05) is 0 Å². The maximum atomic E-state index is 11.4. The molecule has 0 nitrogen and oxygen atoms in total. The summed E-state index contributed by atoms with van der Waals surface area (Å²) < 4.78 is 111. The van der Waals surface area contributed by atoms with Crippen LogP contribution >= 0.6 is 34.8 Å². The van der Waals surface area contributed by atoms with Gasteiger partial charge < -0.3 is 0 Å². The van der Waals surface area contributed by atoms with Gasteiger partial charge >= 0.3 is 12.3 Å². The Labute approximate surface area is 138 Å². The molecular weight excluding hydrogens is 423 g/mol. The topological polar surface area (TPSA) is 0 Å². The minimum atomic E-state index is -4.03. The fraction of sp³-hybridized carbons (Fsp3) is 0.556. The Balaban J connectivity index is -0.000000116. The van der Waals surface area contributed by atoms with Gasteiger partial charge in [0, 0.05) is 11.1 Å². The molecule has 0 fully saturated rings. The Kier molecular flexibility index (Phi) is 21.8. The highest BCUT2D eigenvalue weighted by Gasteiger charge is 2.39. The molecule has 0 aromatic rings. The van der Waals surface area contributed by atoms with E-state index in [1.54, 1.807) is 0 Å². The molecule has 0 atom stereocenters. The van der Waals surface area contributed by atoms with E-state index in [0.717, 1.165) is 0 Å². The summed E-state index contributed by atoms with van der Waals surface area (Å²) in [5.74, 6) is -8.55. The third kappa shape index (κ3) is 19.5. The van der Waals surface area contributed by atoms with Gasteiger partial charge in [0.1, 0.15) is 0 Å². The largest absolute Gasteiger partial charge is 0.320 e. The lowest BCUT2D eigenvalue weighted by atomic mass is 10.4. The van der Waals surface area contributed by atoms with E-state index in [0.29, 0.717) is 0 Å². The SMILES string of the molecule is F.F/C(=C/Cl)C(F)F.F/C(=C\Cl)C(F)F.FC(F)C(F)(F)CCl. The standard InChI is InChI=1S/C3H3ClF4.2C3H2ClF3.FH/c4-1-3(7,8)2(5)6;2*4-1-2(5)3(6)7;/h2H,1H2;2*1,3H;1H/b;2-1+;2-1-;. The van der Waals surface area contributed by atoms with Gasteiger partial charge in [-0.15, -0.1) is 11.6 Å². The van der Waals surface area contributed by atoms with Crippen molar-refractivity contribution in [3.63, 3.8) is 0 Å². The van der Waals surface area contributed by atoms with Crippen molar-refractivity contribution >= 4 is 34.8 Å². The lowest BCUT2D eigenvalue weighted by molar-refractivity contribution is -0.110. The first-order valence-electron chi connectivity index (χ1n) is 4.57. The molecule has 142 valence electrons. The van der Waals surface area contributed by atoms with Crippen molar-refractivity contribution in [1.82, 2.24) is 0 Å². The molecule has 0 spiro atoms. The van der Waals surface area contributed by atoms with Gasteiger partial charge in [-0.1, -0.05) is 23.2 Å². The van der Waals surface area contributed by atoms with Crippen LogP contribution in [-0.4, -0.2) is 31.1 Å². The Morgan fingerprint density at radius 3 is 1.09 bits per heavy atom. The maximum absolute atomic E-state index is 11.4. The Morgan fingerprint density at radius 1 is 0.826 bits per heavy atom. The van der Waals surface area contributed by atoms with Gasteiger partial charge in [0.05, 0.1) is 5.88 Å². The van der Waals surface area contributed by atoms with Crippen molar-refractivity contribution in [3.05, 3.63) is 22.7 Å². The predicted octanol–water partition coefficient (Wildman–Crippen LogP) is 6.88. The van der Waals surface area contributed by atoms with Gasteiger partial charge in [-0.2, -0.15) is 8.78 Å². The molecule has 0 radical (unpaired) electrons. The quantitative estimate of drug-likeness (QED) is 0.336. The second kappa shape index (κ2) is 16.4. The summed E-state index contributed by atoms with van der Waals surface area (Å²) in [5, 5.41) is 0. The zero-order valence-electron chi connectivity index (χ0n) is 10.4. The average molecular weight is 432 g/mol. The van der Waals surface area contributed by atoms with Crippen LogP contribution in [-0.2, 0) is 0 Å². The molecule has 0 saturated heterocycles. The summed E-state index contributed by atoms with van der Waals surface area (Å²) in [6.45, 7) is 0. The molecule has 0 amide bonds. The van der Waals surface area contributed by atoms with E-state index in [9.17, 15) is 43.9 Å². The van der Waals surface area contributed by atoms with Crippen molar-refractivity contribution in [2.45, 2.75) is 25.2 Å². The molecule has 0 aliphatic carbocycles. The lowest BCUT2D eigenvalue weighted by Gasteiger charge is -2.09. The summed E-state index contributed by atoms with van der Waals surface area (Å²) >= 11 is 13.5. The number of halogens is 14. The van der Waals surface area contributed by atoms with Crippen LogP contribution in [0.2, 0.25) is 0 Å². The monoisotopic (exact) mass is 430 g/mol. The number of hydrogen-bond acceptors (Lipinski definition) is 0. The highest BCUT2D eigenvalue weighted by molar-refractivity contribution is 6.25. The fourth-order valence-electron chi connectivity index (χ4n) is 0.154. The lowest BCUT2D eigenvalue weighted by Crippen LogP contribution is -2.27. The highest BCUT2D eigenvalue weighted by atomic mass is 35.5. The van der Waals surface area contributed by atoms with Gasteiger partial charge in [-0.05, 0) is 0 Å². The Morgan fingerprint density at radius 2 is 1.09 bits per heavy atom. The third-order valence-electron chi connectivity index (χ3n) is 1.12. The minimum Gasteiger partial charge on any atom is -0.269 e. The summed E-state index contributed by atoms with van der Waals surface area (Å²) in [5.41, 5.74) is 0.426. The normalized spacial score (nSPS) is 12.3. The maximum Gasteiger partial charge on any atom is 0.320 e. The first-order chi connectivity index (χ1) is 9.87. The van der Waals surface area contributed by atoms with Crippen molar-refractivity contribution in [1.29, 1.82) is 0 Å². The van der Waals surface area contributed by atoms with Crippen molar-refractivity contribution < 1.29 is 48.6 Å². The van der Waals surface area contributed by atoms with E-state index in [2.05, 4.69) is 34.8 Å². The molecule has 0 heterocycles. The molecule has 23 heavy (non-hydrogen) atoms. The summed E-state index contributed by atoms with van der Waals surface area (Å²) in [7, 11) is 0. The zero-order valence-corrected chi connectivity index (χ0v) is 12.7. The number of allylic oxidation sites excluding steroid dienone is 2. The van der Waals surface area contributed by atoms with Gasteiger partial charge in [0.15, 0.2) is 11.7 Å². The molecule has 0 unspecified atom stereocenters. The van der Waals surface area contributed by atoms with Crippen LogP contribution in [0.1, 0.15) is 0 Å². The summed E-state index contributed by atoms with van der Waals surface area (Å²) in [6, 6.07) is 0. The van der Waals surface area contributed by atoms with E-state index in [4.69, 9.17) is 0 Å². The summed E-state index contributed by atoms with van der Waals surface area (Å²) in [4.78, 5) is 0. The predicted molar refractivity (Wildman–Crippen MR) is 66.3 cm³/mol. The van der Waals surface area contributed by atoms with Crippen molar-refractivity contribution in [2.75, 3.05) is 5.88 Å². The van der Waals surface area contributed by atoms with Gasteiger partial charge in [-0.25, -0.2) is 35.1 Å². The highest BCUT2D eigenvalue weighted by Crippen LogP contribution is 2.23. The smallest absolute Gasteiger partial charge is 0.269 e. The Hall–Kier alpha value is -0.420. The summed E-state index contributed by atoms with van der Waals surface area (Å²) in [6.07, 6.45) is -9.80. The molecule has 0 aliphatic heterocycles. The molecule has 0 aliphatic rings. The third-order valence-corrected chi connectivity index (χ3v) is 1.90. The molecular formula is C9H8Cl3F11. The van der Waals surface area contributed by atoms with Crippen LogP contribution in [0.25, 0.3) is 0 Å². The molecule has 0 aromatic heterocycles. The van der Waals surface area contributed by atoms with Crippen molar-refractivity contribution in [2.24, 2.45) is 0 Å². The van der Waals surface area contributed by atoms with Gasteiger partial charge in [0.2, 0.25) is 0 Å². The molecule has 0 N–H and O–H groups in total. The zero-order chi connectivity index (χ0) is 18.5. The van der Waals surface area contributed by atoms with E-state index >= 15 is 0 Å².